The van der Waals surface area contributed by atoms with Crippen molar-refractivity contribution in [1.29, 1.82) is 0 Å². The molecule has 0 spiro atoms. The van der Waals surface area contributed by atoms with Gasteiger partial charge in [-0.2, -0.15) is 0 Å². The minimum atomic E-state index is -0.304. The van der Waals surface area contributed by atoms with Crippen molar-refractivity contribution in [3.8, 4) is 5.75 Å². The zero-order valence-electron chi connectivity index (χ0n) is 14.3. The molecular weight excluding hydrogens is 318 g/mol. The second-order valence-electron chi connectivity index (χ2n) is 6.20. The minimum absolute atomic E-state index is 0.0427. The van der Waals surface area contributed by atoms with E-state index in [-0.39, 0.29) is 18.1 Å². The summed E-state index contributed by atoms with van der Waals surface area (Å²) in [5, 5.41) is 0. The average Bonchev–Trinajstić information content (AvgIpc) is 3.04. The number of rotatable bonds is 7. The Balaban J connectivity index is 1.64. The van der Waals surface area contributed by atoms with E-state index in [0.29, 0.717) is 26.1 Å². The fourth-order valence-electron chi connectivity index (χ4n) is 3.11. The fraction of sp³-hybridized carbons (Fsp3) is 0.368. The van der Waals surface area contributed by atoms with E-state index in [0.717, 1.165) is 17.0 Å². The maximum atomic E-state index is 11.7. The number of amides is 1. The molecule has 3 rings (SSSR count). The Morgan fingerprint density at radius 3 is 2.92 bits per heavy atom. The largest absolute Gasteiger partial charge is 0.487 e. The molecule has 6 nitrogen and oxygen atoms in total. The van der Waals surface area contributed by atoms with Gasteiger partial charge in [-0.3, -0.25) is 14.7 Å². The molecule has 1 saturated heterocycles. The summed E-state index contributed by atoms with van der Waals surface area (Å²) in [7, 11) is 1.66. The predicted molar refractivity (Wildman–Crippen MR) is 93.8 cm³/mol. The molecule has 0 saturated carbocycles. The summed E-state index contributed by atoms with van der Waals surface area (Å²) < 4.78 is 11.2. The number of aromatic nitrogens is 1. The smallest absolute Gasteiger partial charge is 0.234 e. The molecule has 2 aromatic rings. The lowest BCUT2D eigenvalue weighted by Gasteiger charge is -2.21. The quantitative estimate of drug-likeness (QED) is 0.830. The third kappa shape index (κ3) is 4.55. The summed E-state index contributed by atoms with van der Waals surface area (Å²) in [5.41, 5.74) is 7.48. The maximum Gasteiger partial charge on any atom is 0.234 e. The van der Waals surface area contributed by atoms with Crippen LogP contribution in [0.15, 0.2) is 48.7 Å². The third-order valence-corrected chi connectivity index (χ3v) is 4.42. The van der Waals surface area contributed by atoms with Crippen LogP contribution < -0.4 is 10.5 Å². The van der Waals surface area contributed by atoms with Crippen molar-refractivity contribution in [2.24, 2.45) is 5.73 Å². The number of hydrogen-bond donors (Lipinski definition) is 1. The highest BCUT2D eigenvalue weighted by Crippen LogP contribution is 2.24. The Morgan fingerprint density at radius 2 is 2.20 bits per heavy atom. The number of hydrogen-bond acceptors (Lipinski definition) is 5. The molecule has 1 amide bonds. The normalized spacial score (nSPS) is 20.5. The van der Waals surface area contributed by atoms with Crippen LogP contribution in [0.3, 0.4) is 0 Å². The van der Waals surface area contributed by atoms with Gasteiger partial charge in [-0.05, 0) is 36.2 Å². The number of benzene rings is 1. The Hall–Kier alpha value is -2.44. The molecule has 2 atom stereocenters. The molecule has 25 heavy (non-hydrogen) atoms. The molecule has 0 radical (unpaired) electrons. The van der Waals surface area contributed by atoms with E-state index in [1.54, 1.807) is 13.3 Å². The molecule has 6 heteroatoms. The SMILES string of the molecule is CO[C@H]1C[C@@H](C(N)=O)N(Cc2cccc(OCc3ccccn3)c2)C1. The van der Waals surface area contributed by atoms with Crippen LogP contribution in [0.1, 0.15) is 17.7 Å². The van der Waals surface area contributed by atoms with Gasteiger partial charge in [0.2, 0.25) is 5.91 Å². The molecule has 2 N–H and O–H groups in total. The first-order chi connectivity index (χ1) is 12.2. The van der Waals surface area contributed by atoms with Gasteiger partial charge in [0, 0.05) is 26.4 Å². The number of carbonyl (C=O) groups is 1. The lowest BCUT2D eigenvalue weighted by Crippen LogP contribution is -2.39. The Labute approximate surface area is 147 Å². The second kappa shape index (κ2) is 8.09. The summed E-state index contributed by atoms with van der Waals surface area (Å²) in [6, 6.07) is 13.3. The van der Waals surface area contributed by atoms with Crippen molar-refractivity contribution in [3.05, 3.63) is 59.9 Å². The van der Waals surface area contributed by atoms with Gasteiger partial charge in [-0.1, -0.05) is 18.2 Å². The van der Waals surface area contributed by atoms with Crippen LogP contribution in [0.4, 0.5) is 0 Å². The number of primary amides is 1. The van der Waals surface area contributed by atoms with Crippen LogP contribution in [0, 0.1) is 0 Å². The van der Waals surface area contributed by atoms with Crippen molar-refractivity contribution < 1.29 is 14.3 Å². The summed E-state index contributed by atoms with van der Waals surface area (Å²) >= 11 is 0. The van der Waals surface area contributed by atoms with E-state index in [1.807, 2.05) is 42.5 Å². The highest BCUT2D eigenvalue weighted by molar-refractivity contribution is 5.80. The molecule has 2 heterocycles. The topological polar surface area (TPSA) is 77.7 Å². The van der Waals surface area contributed by atoms with Gasteiger partial charge >= 0.3 is 0 Å². The lowest BCUT2D eigenvalue weighted by molar-refractivity contribution is -0.122. The van der Waals surface area contributed by atoms with E-state index in [9.17, 15) is 4.79 Å². The third-order valence-electron chi connectivity index (χ3n) is 4.42. The minimum Gasteiger partial charge on any atom is -0.487 e. The van der Waals surface area contributed by atoms with E-state index in [4.69, 9.17) is 15.2 Å². The van der Waals surface area contributed by atoms with Crippen LogP contribution in [-0.2, 0) is 22.7 Å². The highest BCUT2D eigenvalue weighted by Gasteiger charge is 2.35. The van der Waals surface area contributed by atoms with E-state index < -0.39 is 0 Å². The molecule has 1 aliphatic heterocycles. The first-order valence-electron chi connectivity index (χ1n) is 8.33. The molecule has 0 aliphatic carbocycles. The Kier molecular flexibility index (Phi) is 5.63. The molecule has 1 aromatic heterocycles. The van der Waals surface area contributed by atoms with Gasteiger partial charge in [0.05, 0.1) is 17.8 Å². The molecule has 0 unspecified atom stereocenters. The zero-order valence-corrected chi connectivity index (χ0v) is 14.3. The fourth-order valence-corrected chi connectivity index (χ4v) is 3.11. The van der Waals surface area contributed by atoms with Gasteiger partial charge in [0.25, 0.3) is 0 Å². The Morgan fingerprint density at radius 1 is 1.32 bits per heavy atom. The monoisotopic (exact) mass is 341 g/mol. The van der Waals surface area contributed by atoms with Crippen molar-refractivity contribution >= 4 is 5.91 Å². The standard InChI is InChI=1S/C19H23N3O3/c1-24-17-10-18(19(20)23)22(12-17)11-14-5-4-7-16(9-14)25-13-15-6-2-3-8-21-15/h2-9,17-18H,10-13H2,1H3,(H2,20,23)/t17-,18-/m0/s1. The summed E-state index contributed by atoms with van der Waals surface area (Å²) in [6.45, 7) is 1.75. The van der Waals surface area contributed by atoms with E-state index in [1.165, 1.54) is 0 Å². The summed E-state index contributed by atoms with van der Waals surface area (Å²) in [6.07, 6.45) is 2.43. The number of pyridine rings is 1. The first kappa shape index (κ1) is 17.4. The molecule has 1 fully saturated rings. The van der Waals surface area contributed by atoms with Gasteiger partial charge in [0.15, 0.2) is 0 Å². The van der Waals surface area contributed by atoms with Crippen molar-refractivity contribution in [3.63, 3.8) is 0 Å². The van der Waals surface area contributed by atoms with E-state index in [2.05, 4.69) is 9.88 Å². The van der Waals surface area contributed by atoms with Gasteiger partial charge in [0.1, 0.15) is 12.4 Å². The molecule has 0 bridgehead atoms. The number of likely N-dealkylation sites (tertiary alicyclic amines) is 1. The summed E-state index contributed by atoms with van der Waals surface area (Å²) in [4.78, 5) is 18.0. The molecular formula is C19H23N3O3. The van der Waals surface area contributed by atoms with Crippen LogP contribution in [0.5, 0.6) is 5.75 Å². The zero-order chi connectivity index (χ0) is 17.6. The predicted octanol–water partition coefficient (Wildman–Crippen LogP) is 1.74. The van der Waals surface area contributed by atoms with Crippen LogP contribution in [0.2, 0.25) is 0 Å². The van der Waals surface area contributed by atoms with Crippen LogP contribution >= 0.6 is 0 Å². The first-order valence-corrected chi connectivity index (χ1v) is 8.33. The Bertz CT molecular complexity index is 708. The van der Waals surface area contributed by atoms with Crippen molar-refractivity contribution in [2.45, 2.75) is 31.7 Å². The number of carbonyl (C=O) groups excluding carboxylic acids is 1. The number of methoxy groups -OCH3 is 1. The maximum absolute atomic E-state index is 11.7. The van der Waals surface area contributed by atoms with Gasteiger partial charge in [-0.15, -0.1) is 0 Å². The molecule has 1 aliphatic rings. The molecule has 132 valence electrons. The van der Waals surface area contributed by atoms with Crippen LogP contribution in [0.25, 0.3) is 0 Å². The number of nitrogens with zero attached hydrogens (tertiary/aromatic N) is 2. The second-order valence-corrected chi connectivity index (χ2v) is 6.20. The van der Waals surface area contributed by atoms with Crippen LogP contribution in [-0.4, -0.2) is 41.6 Å². The molecule has 1 aromatic carbocycles. The van der Waals surface area contributed by atoms with Gasteiger partial charge in [-0.25, -0.2) is 0 Å². The van der Waals surface area contributed by atoms with Gasteiger partial charge < -0.3 is 15.2 Å². The lowest BCUT2D eigenvalue weighted by atomic mass is 10.1. The average molecular weight is 341 g/mol. The van der Waals surface area contributed by atoms with Crippen molar-refractivity contribution in [2.75, 3.05) is 13.7 Å². The van der Waals surface area contributed by atoms with E-state index >= 15 is 0 Å². The van der Waals surface area contributed by atoms with Crippen molar-refractivity contribution in [1.82, 2.24) is 9.88 Å². The number of nitrogens with two attached hydrogens (primary N) is 1. The number of ether oxygens (including phenoxy) is 2. The summed E-state index contributed by atoms with van der Waals surface area (Å²) in [5.74, 6) is 0.475. The highest BCUT2D eigenvalue weighted by atomic mass is 16.5.